The number of hydrogen-bond donors (Lipinski definition) is 0. The molecule has 1 aliphatic carbocycles. The lowest BCUT2D eigenvalue weighted by atomic mass is 10.1. The number of carbonyl (C=O) groups excluding carboxylic acids is 2. The number of amides is 2. The Labute approximate surface area is 129 Å². The molecule has 1 saturated heterocycles. The van der Waals surface area contributed by atoms with Gasteiger partial charge in [-0.2, -0.15) is 0 Å². The number of piperazine rings is 1. The highest BCUT2D eigenvalue weighted by molar-refractivity contribution is 5.84. The van der Waals surface area contributed by atoms with Gasteiger partial charge in [-0.05, 0) is 24.5 Å². The Morgan fingerprint density at radius 1 is 0.955 bits per heavy atom. The van der Waals surface area contributed by atoms with Crippen molar-refractivity contribution in [1.29, 1.82) is 0 Å². The van der Waals surface area contributed by atoms with Crippen LogP contribution < -0.4 is 4.74 Å². The second-order valence-corrected chi connectivity index (χ2v) is 6.34. The summed E-state index contributed by atoms with van der Waals surface area (Å²) >= 11 is 0. The summed E-state index contributed by atoms with van der Waals surface area (Å²) in [5.41, 5.74) is 1.10. The molecule has 1 unspecified atom stereocenters. The van der Waals surface area contributed by atoms with Gasteiger partial charge in [-0.1, -0.05) is 18.2 Å². The molecule has 3 aliphatic rings. The highest BCUT2D eigenvalue weighted by atomic mass is 16.5. The quantitative estimate of drug-likeness (QED) is 0.821. The van der Waals surface area contributed by atoms with E-state index in [-0.39, 0.29) is 17.7 Å². The summed E-state index contributed by atoms with van der Waals surface area (Å²) in [5, 5.41) is 0. The van der Waals surface area contributed by atoms with Crippen molar-refractivity contribution in [3.05, 3.63) is 29.8 Å². The molecular formula is C17H20N2O3. The van der Waals surface area contributed by atoms with E-state index in [9.17, 15) is 9.59 Å². The van der Waals surface area contributed by atoms with E-state index < -0.39 is 6.10 Å². The van der Waals surface area contributed by atoms with Crippen molar-refractivity contribution in [3.8, 4) is 5.75 Å². The highest BCUT2D eigenvalue weighted by Crippen LogP contribution is 2.32. The van der Waals surface area contributed by atoms with Gasteiger partial charge in [0.15, 0.2) is 6.10 Å². The van der Waals surface area contributed by atoms with Gasteiger partial charge in [0.2, 0.25) is 5.91 Å². The Morgan fingerprint density at radius 2 is 1.59 bits per heavy atom. The molecule has 1 atom stereocenters. The van der Waals surface area contributed by atoms with E-state index in [0.29, 0.717) is 32.6 Å². The van der Waals surface area contributed by atoms with Gasteiger partial charge < -0.3 is 14.5 Å². The number of ether oxygens (including phenoxy) is 1. The zero-order chi connectivity index (χ0) is 15.1. The average Bonchev–Trinajstić information content (AvgIpc) is 3.32. The van der Waals surface area contributed by atoms with Crippen LogP contribution in [0.15, 0.2) is 24.3 Å². The summed E-state index contributed by atoms with van der Waals surface area (Å²) in [7, 11) is 0. The first-order valence-corrected chi connectivity index (χ1v) is 8.04. The topological polar surface area (TPSA) is 49.9 Å². The minimum Gasteiger partial charge on any atom is -0.480 e. The SMILES string of the molecule is O=C(C1CC1)N1CCN(C(=O)C2Cc3ccccc3O2)CC1. The smallest absolute Gasteiger partial charge is 0.264 e. The van der Waals surface area contributed by atoms with E-state index in [1.54, 1.807) is 0 Å². The van der Waals surface area contributed by atoms with Crippen LogP contribution in [0.4, 0.5) is 0 Å². The van der Waals surface area contributed by atoms with Crippen LogP contribution in [0.2, 0.25) is 0 Å². The van der Waals surface area contributed by atoms with Crippen molar-refractivity contribution in [2.45, 2.75) is 25.4 Å². The predicted molar refractivity (Wildman–Crippen MR) is 80.4 cm³/mol. The fraction of sp³-hybridized carbons (Fsp3) is 0.529. The molecule has 2 fully saturated rings. The van der Waals surface area contributed by atoms with Crippen LogP contribution in [0.25, 0.3) is 0 Å². The molecule has 116 valence electrons. The van der Waals surface area contributed by atoms with Crippen LogP contribution in [0.5, 0.6) is 5.75 Å². The normalized spacial score (nSPS) is 23.9. The molecule has 1 saturated carbocycles. The Kier molecular flexibility index (Phi) is 3.28. The number of rotatable bonds is 2. The maximum absolute atomic E-state index is 12.6. The van der Waals surface area contributed by atoms with Crippen molar-refractivity contribution in [1.82, 2.24) is 9.80 Å². The van der Waals surface area contributed by atoms with Crippen molar-refractivity contribution in [3.63, 3.8) is 0 Å². The van der Waals surface area contributed by atoms with Gasteiger partial charge >= 0.3 is 0 Å². The number of nitrogens with zero attached hydrogens (tertiary/aromatic N) is 2. The fourth-order valence-electron chi connectivity index (χ4n) is 3.26. The Bertz CT molecular complexity index is 579. The Morgan fingerprint density at radius 3 is 2.23 bits per heavy atom. The molecular weight excluding hydrogens is 280 g/mol. The predicted octanol–water partition coefficient (Wildman–Crippen LogP) is 1.07. The van der Waals surface area contributed by atoms with Gasteiger partial charge in [-0.3, -0.25) is 9.59 Å². The summed E-state index contributed by atoms with van der Waals surface area (Å²) < 4.78 is 5.77. The molecule has 4 rings (SSSR count). The van der Waals surface area contributed by atoms with Crippen LogP contribution in [0, 0.1) is 5.92 Å². The summed E-state index contributed by atoms with van der Waals surface area (Å²) in [6, 6.07) is 7.81. The number of carbonyl (C=O) groups is 2. The molecule has 0 bridgehead atoms. The molecule has 5 nitrogen and oxygen atoms in total. The molecule has 22 heavy (non-hydrogen) atoms. The summed E-state index contributed by atoms with van der Waals surface area (Å²) in [6.45, 7) is 2.54. The molecule has 1 aromatic carbocycles. The molecule has 2 amide bonds. The highest BCUT2D eigenvalue weighted by Gasteiger charge is 2.37. The van der Waals surface area contributed by atoms with Gasteiger partial charge in [-0.25, -0.2) is 0 Å². The molecule has 0 aromatic heterocycles. The first-order chi connectivity index (χ1) is 10.7. The lowest BCUT2D eigenvalue weighted by molar-refractivity contribution is -0.144. The molecule has 0 radical (unpaired) electrons. The monoisotopic (exact) mass is 300 g/mol. The van der Waals surface area contributed by atoms with Gasteiger partial charge in [0, 0.05) is 38.5 Å². The lowest BCUT2D eigenvalue weighted by Crippen LogP contribution is -2.53. The van der Waals surface area contributed by atoms with Crippen molar-refractivity contribution < 1.29 is 14.3 Å². The first kappa shape index (κ1) is 13.6. The molecule has 0 N–H and O–H groups in total. The number of para-hydroxylation sites is 1. The fourth-order valence-corrected chi connectivity index (χ4v) is 3.26. The minimum absolute atomic E-state index is 0.0507. The first-order valence-electron chi connectivity index (χ1n) is 8.04. The largest absolute Gasteiger partial charge is 0.480 e. The lowest BCUT2D eigenvalue weighted by Gasteiger charge is -2.35. The third-order valence-electron chi connectivity index (χ3n) is 4.75. The number of benzene rings is 1. The maximum atomic E-state index is 12.6. The van der Waals surface area contributed by atoms with Gasteiger partial charge in [0.25, 0.3) is 5.91 Å². The van der Waals surface area contributed by atoms with Crippen molar-refractivity contribution in [2.24, 2.45) is 5.92 Å². The van der Waals surface area contributed by atoms with E-state index in [0.717, 1.165) is 24.2 Å². The standard InChI is InChI=1S/C17H20N2O3/c20-16(12-5-6-12)18-7-9-19(10-8-18)17(21)15-11-13-3-1-2-4-14(13)22-15/h1-4,12,15H,5-11H2. The van der Waals surface area contributed by atoms with Crippen LogP contribution in [0.1, 0.15) is 18.4 Å². The van der Waals surface area contributed by atoms with Crippen molar-refractivity contribution in [2.75, 3.05) is 26.2 Å². The maximum Gasteiger partial charge on any atom is 0.264 e. The van der Waals surface area contributed by atoms with Crippen LogP contribution >= 0.6 is 0 Å². The van der Waals surface area contributed by atoms with Crippen LogP contribution in [0.3, 0.4) is 0 Å². The van der Waals surface area contributed by atoms with E-state index in [1.165, 1.54) is 0 Å². The second-order valence-electron chi connectivity index (χ2n) is 6.34. The summed E-state index contributed by atoms with van der Waals surface area (Å²) in [5.74, 6) is 1.41. The second kappa shape index (κ2) is 5.30. The zero-order valence-corrected chi connectivity index (χ0v) is 12.5. The summed E-state index contributed by atoms with van der Waals surface area (Å²) in [6.07, 6.45) is 2.32. The van der Waals surface area contributed by atoms with Crippen molar-refractivity contribution >= 4 is 11.8 Å². The molecule has 2 aliphatic heterocycles. The van der Waals surface area contributed by atoms with E-state index >= 15 is 0 Å². The van der Waals surface area contributed by atoms with Crippen LogP contribution in [-0.2, 0) is 16.0 Å². The minimum atomic E-state index is -0.400. The molecule has 1 aromatic rings. The van der Waals surface area contributed by atoms with Crippen LogP contribution in [-0.4, -0.2) is 53.9 Å². The van der Waals surface area contributed by atoms with E-state index in [4.69, 9.17) is 4.74 Å². The van der Waals surface area contributed by atoms with E-state index in [1.807, 2.05) is 34.1 Å². The number of fused-ring (bicyclic) bond motifs is 1. The Hall–Kier alpha value is -2.04. The van der Waals surface area contributed by atoms with Gasteiger partial charge in [0.1, 0.15) is 5.75 Å². The third kappa shape index (κ3) is 2.45. The molecule has 5 heteroatoms. The van der Waals surface area contributed by atoms with E-state index in [2.05, 4.69) is 0 Å². The summed E-state index contributed by atoms with van der Waals surface area (Å²) in [4.78, 5) is 28.4. The zero-order valence-electron chi connectivity index (χ0n) is 12.5. The van der Waals surface area contributed by atoms with Gasteiger partial charge in [0.05, 0.1) is 0 Å². The number of hydrogen-bond acceptors (Lipinski definition) is 3. The Balaban J connectivity index is 1.34. The van der Waals surface area contributed by atoms with Gasteiger partial charge in [-0.15, -0.1) is 0 Å². The molecule has 2 heterocycles. The third-order valence-corrected chi connectivity index (χ3v) is 4.75. The molecule has 0 spiro atoms. The average molecular weight is 300 g/mol.